The first-order valence-electron chi connectivity index (χ1n) is 10.6. The van der Waals surface area contributed by atoms with Crippen molar-refractivity contribution in [3.05, 3.63) is 50.6 Å². The molecule has 160 valence electrons. The van der Waals surface area contributed by atoms with E-state index in [1.54, 1.807) is 0 Å². The quantitative estimate of drug-likeness (QED) is 0.243. The Morgan fingerprint density at radius 3 is 0.750 bits per heavy atom. The molecule has 1 aliphatic heterocycles. The molecule has 0 atom stereocenters. The standard InChI is InChI=1S/C20H40O4Si4/c1-9-17-25(13-5)21-26(14-6,18-10-2)23-28(16-8,20-12-4)24-27(15-7,22-25)19-11-3/h9-12H,1-4,13-20H2,5-8H3. The maximum Gasteiger partial charge on any atom is 0.324 e. The Morgan fingerprint density at radius 1 is 0.464 bits per heavy atom. The van der Waals surface area contributed by atoms with E-state index in [0.717, 1.165) is 48.4 Å². The van der Waals surface area contributed by atoms with Gasteiger partial charge in [-0.25, -0.2) is 0 Å². The SMILES string of the molecule is C=CC[Si]1(CC)O[Si](CC)(CC=C)O[Si](CC)(CC=C)O[Si](CC)(CC=C)O1. The van der Waals surface area contributed by atoms with Gasteiger partial charge < -0.3 is 16.5 Å². The van der Waals surface area contributed by atoms with Gasteiger partial charge >= 0.3 is 34.2 Å². The molecule has 0 saturated carbocycles. The summed E-state index contributed by atoms with van der Waals surface area (Å²) in [6.45, 7) is 24.6. The first kappa shape index (κ1) is 25.7. The van der Waals surface area contributed by atoms with Crippen molar-refractivity contribution in [2.45, 2.75) is 76.0 Å². The van der Waals surface area contributed by atoms with Gasteiger partial charge in [-0.2, -0.15) is 0 Å². The minimum Gasteiger partial charge on any atom is -0.415 e. The smallest absolute Gasteiger partial charge is 0.324 e. The normalized spacial score (nSPS) is 36.1. The number of hydrogen-bond acceptors (Lipinski definition) is 4. The number of allylic oxidation sites excluding steroid dienone is 4. The molecule has 4 nitrogen and oxygen atoms in total. The lowest BCUT2D eigenvalue weighted by Crippen LogP contribution is -2.69. The lowest BCUT2D eigenvalue weighted by Gasteiger charge is -2.52. The second-order valence-corrected chi connectivity index (χ2v) is 22.4. The molecular weight excluding hydrogens is 417 g/mol. The van der Waals surface area contributed by atoms with Gasteiger partial charge in [-0.05, 0) is 24.2 Å². The van der Waals surface area contributed by atoms with Gasteiger partial charge in [-0.15, -0.1) is 26.3 Å². The van der Waals surface area contributed by atoms with Crippen LogP contribution in [-0.4, -0.2) is 34.2 Å². The fraction of sp³-hybridized carbons (Fsp3) is 0.600. The molecule has 0 aromatic heterocycles. The van der Waals surface area contributed by atoms with Crippen LogP contribution in [0.15, 0.2) is 50.6 Å². The summed E-state index contributed by atoms with van der Waals surface area (Å²) in [4.78, 5) is 0. The summed E-state index contributed by atoms with van der Waals surface area (Å²) >= 11 is 0. The van der Waals surface area contributed by atoms with E-state index in [0.29, 0.717) is 0 Å². The average molecular weight is 457 g/mol. The van der Waals surface area contributed by atoms with Crippen molar-refractivity contribution >= 4 is 34.2 Å². The highest BCUT2D eigenvalue weighted by Gasteiger charge is 2.59. The van der Waals surface area contributed by atoms with Gasteiger partial charge in [-0.1, -0.05) is 52.0 Å². The summed E-state index contributed by atoms with van der Waals surface area (Å²) < 4.78 is 28.3. The third kappa shape index (κ3) is 5.85. The molecule has 8 heteroatoms. The van der Waals surface area contributed by atoms with Crippen molar-refractivity contribution in [2.75, 3.05) is 0 Å². The summed E-state index contributed by atoms with van der Waals surface area (Å²) in [6, 6.07) is 6.40. The maximum absolute atomic E-state index is 7.06. The first-order chi connectivity index (χ1) is 13.3. The summed E-state index contributed by atoms with van der Waals surface area (Å²) in [5.41, 5.74) is 0. The largest absolute Gasteiger partial charge is 0.415 e. The van der Waals surface area contributed by atoms with E-state index in [1.807, 2.05) is 24.3 Å². The molecule has 0 aromatic carbocycles. The molecule has 1 heterocycles. The van der Waals surface area contributed by atoms with Crippen LogP contribution in [0.5, 0.6) is 0 Å². The Balaban J connectivity index is 3.65. The van der Waals surface area contributed by atoms with Crippen LogP contribution >= 0.6 is 0 Å². The zero-order valence-electron chi connectivity index (χ0n) is 18.4. The van der Waals surface area contributed by atoms with Gasteiger partial charge in [0.2, 0.25) is 0 Å². The van der Waals surface area contributed by atoms with Gasteiger partial charge in [0, 0.05) is 24.2 Å². The van der Waals surface area contributed by atoms with Crippen LogP contribution in [0.3, 0.4) is 0 Å². The minimum atomic E-state index is -2.57. The Labute approximate surface area is 177 Å². The molecule has 28 heavy (non-hydrogen) atoms. The van der Waals surface area contributed by atoms with E-state index in [9.17, 15) is 0 Å². The first-order valence-corrected chi connectivity index (χ1v) is 19.5. The van der Waals surface area contributed by atoms with Crippen molar-refractivity contribution < 1.29 is 16.5 Å². The maximum atomic E-state index is 7.06. The summed E-state index contributed by atoms with van der Waals surface area (Å²) in [5.74, 6) is 0. The fourth-order valence-electron chi connectivity index (χ4n) is 3.81. The molecule has 0 bridgehead atoms. The summed E-state index contributed by atoms with van der Waals surface area (Å²) in [5, 5.41) is 0. The minimum absolute atomic E-state index is 0.746. The molecule has 0 radical (unpaired) electrons. The topological polar surface area (TPSA) is 36.9 Å². The third-order valence-electron chi connectivity index (χ3n) is 5.46. The van der Waals surface area contributed by atoms with E-state index in [1.165, 1.54) is 0 Å². The van der Waals surface area contributed by atoms with Crippen LogP contribution in [0.25, 0.3) is 0 Å². The third-order valence-corrected chi connectivity index (χ3v) is 25.3. The second-order valence-electron chi connectivity index (χ2n) is 7.44. The molecule has 0 amide bonds. The van der Waals surface area contributed by atoms with E-state index >= 15 is 0 Å². The number of rotatable bonds is 12. The Hall–Kier alpha value is -0.332. The van der Waals surface area contributed by atoms with Crippen LogP contribution in [0.2, 0.25) is 48.4 Å². The summed E-state index contributed by atoms with van der Waals surface area (Å²) in [7, 11) is -10.3. The molecule has 0 unspecified atom stereocenters. The molecular formula is C20H40O4Si4. The van der Waals surface area contributed by atoms with Crippen LogP contribution in [0, 0.1) is 0 Å². The molecule has 1 fully saturated rings. The van der Waals surface area contributed by atoms with E-state index < -0.39 is 34.2 Å². The zero-order valence-corrected chi connectivity index (χ0v) is 22.4. The lowest BCUT2D eigenvalue weighted by molar-refractivity contribution is 0.216. The van der Waals surface area contributed by atoms with Gasteiger partial charge in [0.25, 0.3) is 0 Å². The molecule has 0 N–H and O–H groups in total. The monoisotopic (exact) mass is 456 g/mol. The van der Waals surface area contributed by atoms with E-state index in [2.05, 4.69) is 54.0 Å². The molecule has 0 aromatic rings. The Morgan fingerprint density at radius 2 is 0.643 bits per heavy atom. The van der Waals surface area contributed by atoms with E-state index in [4.69, 9.17) is 16.5 Å². The van der Waals surface area contributed by atoms with Crippen molar-refractivity contribution in [1.29, 1.82) is 0 Å². The van der Waals surface area contributed by atoms with E-state index in [-0.39, 0.29) is 0 Å². The van der Waals surface area contributed by atoms with Crippen LogP contribution < -0.4 is 0 Å². The van der Waals surface area contributed by atoms with Gasteiger partial charge in [0.05, 0.1) is 0 Å². The van der Waals surface area contributed by atoms with Crippen LogP contribution in [0.1, 0.15) is 27.7 Å². The van der Waals surface area contributed by atoms with Crippen molar-refractivity contribution in [1.82, 2.24) is 0 Å². The lowest BCUT2D eigenvalue weighted by atomic mass is 10.8. The van der Waals surface area contributed by atoms with Crippen molar-refractivity contribution in [2.24, 2.45) is 0 Å². The molecule has 1 saturated heterocycles. The molecule has 1 aliphatic rings. The highest BCUT2D eigenvalue weighted by atomic mass is 28.5. The average Bonchev–Trinajstić information content (AvgIpc) is 2.67. The van der Waals surface area contributed by atoms with Gasteiger partial charge in [0.15, 0.2) is 0 Å². The van der Waals surface area contributed by atoms with Crippen LogP contribution in [-0.2, 0) is 16.5 Å². The highest BCUT2D eigenvalue weighted by molar-refractivity contribution is 6.95. The zero-order chi connectivity index (χ0) is 21.3. The molecule has 1 rings (SSSR count). The van der Waals surface area contributed by atoms with Crippen LogP contribution in [0.4, 0.5) is 0 Å². The molecule has 0 aliphatic carbocycles. The van der Waals surface area contributed by atoms with Crippen molar-refractivity contribution in [3.8, 4) is 0 Å². The predicted octanol–water partition coefficient (Wildman–Crippen LogP) is 6.66. The highest BCUT2D eigenvalue weighted by Crippen LogP contribution is 2.42. The Kier molecular flexibility index (Phi) is 10.2. The predicted molar refractivity (Wildman–Crippen MR) is 129 cm³/mol. The Bertz CT molecular complexity index is 448. The van der Waals surface area contributed by atoms with Crippen molar-refractivity contribution in [3.63, 3.8) is 0 Å². The summed E-state index contributed by atoms with van der Waals surface area (Å²) in [6.07, 6.45) is 7.77. The fourth-order valence-corrected chi connectivity index (χ4v) is 27.0. The van der Waals surface area contributed by atoms with Gasteiger partial charge in [0.1, 0.15) is 0 Å². The second kappa shape index (κ2) is 11.2. The van der Waals surface area contributed by atoms with Gasteiger partial charge in [-0.3, -0.25) is 0 Å². The molecule has 0 spiro atoms. The number of hydrogen-bond donors (Lipinski definition) is 0.